The molecule has 1 aliphatic rings. The highest BCUT2D eigenvalue weighted by molar-refractivity contribution is 5.76. The number of rotatable bonds is 5. The van der Waals surface area contributed by atoms with Gasteiger partial charge in [0.2, 0.25) is 5.91 Å². The van der Waals surface area contributed by atoms with Gasteiger partial charge in [0.05, 0.1) is 20.8 Å². The molecule has 1 heterocycles. The SMILES string of the molecule is COc1cc2c(cc1OC)C(CC(C)C(N)=O)[NH2+]CC2.[I-]. The number of quaternary nitrogens is 1. The van der Waals surface area contributed by atoms with Gasteiger partial charge >= 0.3 is 0 Å². The van der Waals surface area contributed by atoms with Gasteiger partial charge in [-0.15, -0.1) is 0 Å². The minimum Gasteiger partial charge on any atom is -1.00 e. The van der Waals surface area contributed by atoms with E-state index in [4.69, 9.17) is 15.2 Å². The number of amides is 1. The molecule has 0 saturated carbocycles. The molecule has 118 valence electrons. The van der Waals surface area contributed by atoms with E-state index in [-0.39, 0.29) is 41.8 Å². The Kier molecular flexibility index (Phi) is 6.73. The van der Waals surface area contributed by atoms with Gasteiger partial charge in [0.25, 0.3) is 0 Å². The summed E-state index contributed by atoms with van der Waals surface area (Å²) in [6.07, 6.45) is 1.74. The largest absolute Gasteiger partial charge is 1.00 e. The van der Waals surface area contributed by atoms with E-state index in [1.165, 1.54) is 11.1 Å². The van der Waals surface area contributed by atoms with E-state index in [9.17, 15) is 4.79 Å². The molecule has 0 radical (unpaired) electrons. The predicted molar refractivity (Wildman–Crippen MR) is 75.8 cm³/mol. The van der Waals surface area contributed by atoms with Gasteiger partial charge in [0.1, 0.15) is 6.04 Å². The van der Waals surface area contributed by atoms with E-state index >= 15 is 0 Å². The first-order valence-corrected chi connectivity index (χ1v) is 6.94. The molecule has 0 aliphatic carbocycles. The van der Waals surface area contributed by atoms with Crippen molar-refractivity contribution >= 4 is 5.91 Å². The zero-order valence-electron chi connectivity index (χ0n) is 12.7. The van der Waals surface area contributed by atoms with Crippen LogP contribution in [0.5, 0.6) is 11.5 Å². The number of carbonyl (C=O) groups is 1. The standard InChI is InChI=1S/C15H22N2O3.HI/c1-9(15(16)18)6-12-11-8-14(20-3)13(19-2)7-10(11)4-5-17-12;/h7-9,12,17H,4-6H2,1-3H3,(H2,16,18);1H. The van der Waals surface area contributed by atoms with E-state index in [2.05, 4.69) is 5.32 Å². The third-order valence-electron chi connectivity index (χ3n) is 4.00. The van der Waals surface area contributed by atoms with Gasteiger partial charge in [-0.3, -0.25) is 4.79 Å². The van der Waals surface area contributed by atoms with Gasteiger partial charge in [0, 0.05) is 24.3 Å². The fourth-order valence-corrected chi connectivity index (χ4v) is 2.79. The smallest absolute Gasteiger partial charge is 0.220 e. The second-order valence-corrected chi connectivity index (χ2v) is 5.33. The van der Waals surface area contributed by atoms with E-state index in [1.807, 2.05) is 19.1 Å². The number of hydrogen-bond donors (Lipinski definition) is 2. The fraction of sp³-hybridized carbons (Fsp3) is 0.533. The van der Waals surface area contributed by atoms with Gasteiger partial charge in [0.15, 0.2) is 11.5 Å². The third-order valence-corrected chi connectivity index (χ3v) is 4.00. The van der Waals surface area contributed by atoms with Crippen LogP contribution in [0, 0.1) is 5.92 Å². The summed E-state index contributed by atoms with van der Waals surface area (Å²) >= 11 is 0. The Hall–Kier alpha value is -1.02. The van der Waals surface area contributed by atoms with Crippen molar-refractivity contribution in [2.75, 3.05) is 20.8 Å². The Labute approximate surface area is 142 Å². The van der Waals surface area contributed by atoms with Gasteiger partial charge in [-0.05, 0) is 17.7 Å². The molecule has 0 saturated heterocycles. The summed E-state index contributed by atoms with van der Waals surface area (Å²) in [5.41, 5.74) is 7.87. The molecule has 1 aromatic rings. The molecule has 2 atom stereocenters. The maximum Gasteiger partial charge on any atom is 0.220 e. The van der Waals surface area contributed by atoms with Crippen LogP contribution < -0.4 is 44.5 Å². The van der Waals surface area contributed by atoms with E-state index in [0.717, 1.165) is 30.9 Å². The summed E-state index contributed by atoms with van der Waals surface area (Å²) in [6.45, 7) is 2.89. The van der Waals surface area contributed by atoms with Crippen molar-refractivity contribution in [3.05, 3.63) is 23.3 Å². The monoisotopic (exact) mass is 406 g/mol. The molecule has 0 aromatic heterocycles. The van der Waals surface area contributed by atoms with E-state index < -0.39 is 0 Å². The van der Waals surface area contributed by atoms with Crippen LogP contribution in [0.3, 0.4) is 0 Å². The Morgan fingerprint density at radius 3 is 2.57 bits per heavy atom. The second kappa shape index (κ2) is 7.84. The molecule has 1 amide bonds. The fourth-order valence-electron chi connectivity index (χ4n) is 2.79. The minimum absolute atomic E-state index is 0. The van der Waals surface area contributed by atoms with E-state index in [1.54, 1.807) is 14.2 Å². The maximum absolute atomic E-state index is 11.3. The Morgan fingerprint density at radius 1 is 1.38 bits per heavy atom. The Balaban J connectivity index is 0.00000220. The van der Waals surface area contributed by atoms with Crippen LogP contribution in [0.2, 0.25) is 0 Å². The van der Waals surface area contributed by atoms with Crippen LogP contribution >= 0.6 is 0 Å². The zero-order valence-corrected chi connectivity index (χ0v) is 14.8. The highest BCUT2D eigenvalue weighted by Crippen LogP contribution is 2.35. The van der Waals surface area contributed by atoms with E-state index in [0.29, 0.717) is 0 Å². The lowest BCUT2D eigenvalue weighted by Crippen LogP contribution is -3.00. The summed E-state index contributed by atoms with van der Waals surface area (Å²) < 4.78 is 10.7. The highest BCUT2D eigenvalue weighted by Gasteiger charge is 2.28. The molecule has 1 aromatic carbocycles. The molecule has 5 nitrogen and oxygen atoms in total. The van der Waals surface area contributed by atoms with Crippen LogP contribution in [0.1, 0.15) is 30.5 Å². The number of hydrogen-bond acceptors (Lipinski definition) is 3. The van der Waals surface area contributed by atoms with Gasteiger partial charge in [-0.1, -0.05) is 6.92 Å². The third kappa shape index (κ3) is 4.00. The van der Waals surface area contributed by atoms with Gasteiger partial charge < -0.3 is 44.5 Å². The molecule has 21 heavy (non-hydrogen) atoms. The number of ether oxygens (including phenoxy) is 2. The number of primary amides is 1. The number of nitrogens with two attached hydrogens (primary N) is 2. The van der Waals surface area contributed by atoms with Crippen molar-refractivity contribution in [3.63, 3.8) is 0 Å². The summed E-state index contributed by atoms with van der Waals surface area (Å²) in [5, 5.41) is 2.27. The average molecular weight is 406 g/mol. The molecular weight excluding hydrogens is 383 g/mol. The van der Waals surface area contributed by atoms with Crippen molar-refractivity contribution in [2.45, 2.75) is 25.8 Å². The zero-order chi connectivity index (χ0) is 14.7. The van der Waals surface area contributed by atoms with Crippen molar-refractivity contribution in [2.24, 2.45) is 11.7 Å². The Morgan fingerprint density at radius 2 is 2.00 bits per heavy atom. The van der Waals surface area contributed by atoms with Crippen molar-refractivity contribution in [1.82, 2.24) is 0 Å². The molecule has 0 spiro atoms. The predicted octanol–water partition coefficient (Wildman–Crippen LogP) is -2.62. The summed E-state index contributed by atoms with van der Waals surface area (Å²) in [7, 11) is 3.28. The lowest BCUT2D eigenvalue weighted by atomic mass is 9.88. The van der Waals surface area contributed by atoms with Gasteiger partial charge in [-0.2, -0.15) is 0 Å². The first-order valence-electron chi connectivity index (χ1n) is 6.94. The molecule has 6 heteroatoms. The van der Waals surface area contributed by atoms with Crippen LogP contribution in [-0.4, -0.2) is 26.7 Å². The Bertz CT molecular complexity index is 508. The van der Waals surface area contributed by atoms with Crippen molar-refractivity contribution in [3.8, 4) is 11.5 Å². The van der Waals surface area contributed by atoms with Crippen molar-refractivity contribution < 1.29 is 43.6 Å². The van der Waals surface area contributed by atoms with Crippen LogP contribution in [-0.2, 0) is 11.2 Å². The molecule has 2 unspecified atom stereocenters. The molecular formula is C15H23IN2O3. The molecule has 0 bridgehead atoms. The topological polar surface area (TPSA) is 78.2 Å². The first-order chi connectivity index (χ1) is 9.56. The first kappa shape index (κ1) is 18.0. The molecule has 1 aliphatic heterocycles. The minimum atomic E-state index is -0.244. The normalized spacial score (nSPS) is 18.1. The highest BCUT2D eigenvalue weighted by atomic mass is 127. The number of halogens is 1. The number of carbonyl (C=O) groups excluding carboxylic acids is 1. The van der Waals surface area contributed by atoms with Crippen LogP contribution in [0.25, 0.3) is 0 Å². The summed E-state index contributed by atoms with van der Waals surface area (Å²) in [6, 6.07) is 4.33. The lowest BCUT2D eigenvalue weighted by molar-refractivity contribution is -0.700. The molecule has 2 rings (SSSR count). The van der Waals surface area contributed by atoms with Gasteiger partial charge in [-0.25, -0.2) is 0 Å². The number of methoxy groups -OCH3 is 2. The summed E-state index contributed by atoms with van der Waals surface area (Å²) in [4.78, 5) is 11.3. The molecule has 4 N–H and O–H groups in total. The number of benzene rings is 1. The van der Waals surface area contributed by atoms with Crippen LogP contribution in [0.4, 0.5) is 0 Å². The second-order valence-electron chi connectivity index (χ2n) is 5.33. The average Bonchev–Trinajstić information content (AvgIpc) is 2.45. The number of fused-ring (bicyclic) bond motifs is 1. The molecule has 0 fully saturated rings. The maximum atomic E-state index is 11.3. The quantitative estimate of drug-likeness (QED) is 0.526. The lowest BCUT2D eigenvalue weighted by Gasteiger charge is -2.26. The van der Waals surface area contributed by atoms with Crippen molar-refractivity contribution in [1.29, 1.82) is 0 Å². The summed E-state index contributed by atoms with van der Waals surface area (Å²) in [5.74, 6) is 1.12. The van der Waals surface area contributed by atoms with Crippen LogP contribution in [0.15, 0.2) is 12.1 Å².